The molecule has 1 N–H and O–H groups in total. The Morgan fingerprint density at radius 1 is 1.29 bits per heavy atom. The maximum absolute atomic E-state index is 14.9. The van der Waals surface area contributed by atoms with E-state index in [1.165, 1.54) is 0 Å². The molecule has 0 spiro atoms. The van der Waals surface area contributed by atoms with Crippen molar-refractivity contribution < 1.29 is 14.3 Å². The molecule has 1 aromatic rings. The predicted molar refractivity (Wildman–Crippen MR) is 78.0 cm³/mol. The number of fused-ring (bicyclic) bond motifs is 5. The van der Waals surface area contributed by atoms with Crippen LogP contribution >= 0.6 is 0 Å². The van der Waals surface area contributed by atoms with Gasteiger partial charge in [-0.15, -0.1) is 0 Å². The zero-order chi connectivity index (χ0) is 14.8. The van der Waals surface area contributed by atoms with E-state index in [1.807, 2.05) is 13.0 Å². The number of aromatic hydroxyl groups is 1. The van der Waals surface area contributed by atoms with Crippen LogP contribution in [0.4, 0.5) is 4.39 Å². The number of phenols is 1. The van der Waals surface area contributed by atoms with Crippen molar-refractivity contribution in [1.82, 2.24) is 0 Å². The SMILES string of the molecule is C[C@]12C[C@H](F)[C@@H]3c4ccc(O)cc4CC[C@H]3[C@@H]1CCC2=O. The maximum Gasteiger partial charge on any atom is 0.139 e. The molecule has 3 aliphatic carbocycles. The van der Waals surface area contributed by atoms with Crippen LogP contribution in [0.15, 0.2) is 18.2 Å². The molecule has 0 radical (unpaired) electrons. The zero-order valence-electron chi connectivity index (χ0n) is 12.3. The standard InChI is InChI=1S/C18H21FO2/c1-18-9-15(19)17-12-5-3-11(20)8-10(12)2-4-13(17)14(18)6-7-16(18)21/h3,5,8,13-15,17,20H,2,4,6-7,9H2,1H3/t13-,14-,15-,17+,18-/m0/s1. The van der Waals surface area contributed by atoms with Crippen molar-refractivity contribution in [2.24, 2.45) is 17.3 Å². The van der Waals surface area contributed by atoms with Crippen LogP contribution in [0, 0.1) is 17.3 Å². The number of carbonyl (C=O) groups excluding carboxylic acids is 1. The van der Waals surface area contributed by atoms with Crippen molar-refractivity contribution >= 4 is 5.78 Å². The van der Waals surface area contributed by atoms with E-state index < -0.39 is 11.6 Å². The molecule has 1 aromatic carbocycles. The van der Waals surface area contributed by atoms with Gasteiger partial charge in [0.15, 0.2) is 0 Å². The van der Waals surface area contributed by atoms with E-state index in [0.29, 0.717) is 18.8 Å². The number of alkyl halides is 1. The number of phenolic OH excluding ortho intramolecular Hbond substituents is 1. The molecule has 3 heteroatoms. The summed E-state index contributed by atoms with van der Waals surface area (Å²) in [5, 5.41) is 9.64. The highest BCUT2D eigenvalue weighted by Gasteiger charge is 2.58. The Balaban J connectivity index is 1.78. The van der Waals surface area contributed by atoms with Crippen LogP contribution in [0.25, 0.3) is 0 Å². The molecule has 0 bridgehead atoms. The van der Waals surface area contributed by atoms with Gasteiger partial charge in [-0.05, 0) is 60.8 Å². The number of hydrogen-bond donors (Lipinski definition) is 1. The number of benzene rings is 1. The fourth-order valence-corrected chi connectivity index (χ4v) is 5.36. The number of halogens is 1. The molecular formula is C18H21FO2. The van der Waals surface area contributed by atoms with Crippen LogP contribution in [0.3, 0.4) is 0 Å². The molecular weight excluding hydrogens is 267 g/mol. The lowest BCUT2D eigenvalue weighted by atomic mass is 9.55. The summed E-state index contributed by atoms with van der Waals surface area (Å²) in [6, 6.07) is 5.35. The number of rotatable bonds is 0. The quantitative estimate of drug-likeness (QED) is 0.789. The van der Waals surface area contributed by atoms with Gasteiger partial charge in [0, 0.05) is 17.8 Å². The van der Waals surface area contributed by atoms with Crippen LogP contribution < -0.4 is 0 Å². The number of ketones is 1. The van der Waals surface area contributed by atoms with Crippen molar-refractivity contribution in [1.29, 1.82) is 0 Å². The summed E-state index contributed by atoms with van der Waals surface area (Å²) < 4.78 is 14.9. The molecule has 112 valence electrons. The Kier molecular flexibility index (Phi) is 2.73. The average Bonchev–Trinajstić information content (AvgIpc) is 2.74. The van der Waals surface area contributed by atoms with Crippen LogP contribution in [-0.4, -0.2) is 17.1 Å². The molecule has 2 nitrogen and oxygen atoms in total. The highest BCUT2D eigenvalue weighted by Crippen LogP contribution is 2.60. The molecule has 2 saturated carbocycles. The third-order valence-electron chi connectivity index (χ3n) is 6.36. The summed E-state index contributed by atoms with van der Waals surface area (Å²) in [5.41, 5.74) is 1.72. The summed E-state index contributed by atoms with van der Waals surface area (Å²) >= 11 is 0. The second kappa shape index (κ2) is 4.31. The Morgan fingerprint density at radius 2 is 2.10 bits per heavy atom. The van der Waals surface area contributed by atoms with Crippen molar-refractivity contribution in [3.05, 3.63) is 29.3 Å². The summed E-state index contributed by atoms with van der Waals surface area (Å²) in [7, 11) is 0. The van der Waals surface area contributed by atoms with E-state index in [4.69, 9.17) is 0 Å². The third kappa shape index (κ3) is 1.72. The largest absolute Gasteiger partial charge is 0.508 e. The van der Waals surface area contributed by atoms with Crippen molar-refractivity contribution in [2.75, 3.05) is 0 Å². The van der Waals surface area contributed by atoms with E-state index in [0.717, 1.165) is 30.4 Å². The van der Waals surface area contributed by atoms with Crippen LogP contribution in [0.5, 0.6) is 5.75 Å². The van der Waals surface area contributed by atoms with E-state index in [2.05, 4.69) is 0 Å². The first-order valence-electron chi connectivity index (χ1n) is 8.00. The van der Waals surface area contributed by atoms with Gasteiger partial charge in [0.2, 0.25) is 0 Å². The normalized spacial score (nSPS) is 41.3. The van der Waals surface area contributed by atoms with Gasteiger partial charge in [0.05, 0.1) is 0 Å². The summed E-state index contributed by atoms with van der Waals surface area (Å²) in [6.07, 6.45) is 2.81. The van der Waals surface area contributed by atoms with Crippen molar-refractivity contribution in [2.45, 2.75) is 51.1 Å². The first-order valence-corrected chi connectivity index (χ1v) is 8.00. The van der Waals surface area contributed by atoms with Crippen LogP contribution in [0.1, 0.15) is 49.7 Å². The van der Waals surface area contributed by atoms with Gasteiger partial charge in [-0.2, -0.15) is 0 Å². The van der Waals surface area contributed by atoms with Crippen molar-refractivity contribution in [3.8, 4) is 5.75 Å². The minimum atomic E-state index is -0.943. The lowest BCUT2D eigenvalue weighted by Crippen LogP contribution is -2.47. The van der Waals surface area contributed by atoms with Gasteiger partial charge in [-0.3, -0.25) is 4.79 Å². The number of aryl methyl sites for hydroxylation is 1. The molecule has 0 saturated heterocycles. The summed E-state index contributed by atoms with van der Waals surface area (Å²) in [6.45, 7) is 1.99. The molecule has 4 rings (SSSR count). The molecule has 3 aliphatic rings. The van der Waals surface area contributed by atoms with Crippen LogP contribution in [-0.2, 0) is 11.2 Å². The molecule has 0 aliphatic heterocycles. The predicted octanol–water partition coefficient (Wildman–Crippen LogP) is 3.77. The summed E-state index contributed by atoms with van der Waals surface area (Å²) in [5.74, 6) is 1.06. The number of carbonyl (C=O) groups is 1. The lowest BCUT2D eigenvalue weighted by molar-refractivity contribution is -0.131. The Morgan fingerprint density at radius 3 is 2.90 bits per heavy atom. The highest BCUT2D eigenvalue weighted by atomic mass is 19.1. The van der Waals surface area contributed by atoms with E-state index in [9.17, 15) is 14.3 Å². The summed E-state index contributed by atoms with van der Waals surface area (Å²) in [4.78, 5) is 12.2. The maximum atomic E-state index is 14.9. The first-order chi connectivity index (χ1) is 10.0. The van der Waals surface area contributed by atoms with E-state index in [-0.39, 0.29) is 23.4 Å². The lowest BCUT2D eigenvalue weighted by Gasteiger charge is -2.49. The molecule has 2 fully saturated rings. The molecule has 0 unspecified atom stereocenters. The fourth-order valence-electron chi connectivity index (χ4n) is 5.36. The fraction of sp³-hybridized carbons (Fsp3) is 0.611. The van der Waals surface area contributed by atoms with Gasteiger partial charge < -0.3 is 5.11 Å². The van der Waals surface area contributed by atoms with Gasteiger partial charge in [-0.25, -0.2) is 4.39 Å². The second-order valence-corrected chi connectivity index (χ2v) is 7.32. The van der Waals surface area contributed by atoms with Gasteiger partial charge in [-0.1, -0.05) is 13.0 Å². The Hall–Kier alpha value is -1.38. The highest BCUT2D eigenvalue weighted by molar-refractivity contribution is 5.87. The van der Waals surface area contributed by atoms with E-state index in [1.54, 1.807) is 12.1 Å². The van der Waals surface area contributed by atoms with Gasteiger partial charge in [0.25, 0.3) is 0 Å². The van der Waals surface area contributed by atoms with E-state index >= 15 is 0 Å². The monoisotopic (exact) mass is 288 g/mol. The minimum Gasteiger partial charge on any atom is -0.508 e. The Bertz CT molecular complexity index is 611. The first kappa shape index (κ1) is 13.3. The number of Topliss-reactive ketones (excluding diaryl/α,β-unsaturated/α-hetero) is 1. The molecule has 0 heterocycles. The van der Waals surface area contributed by atoms with Crippen molar-refractivity contribution in [3.63, 3.8) is 0 Å². The zero-order valence-corrected chi connectivity index (χ0v) is 12.3. The van der Waals surface area contributed by atoms with Crippen LogP contribution in [0.2, 0.25) is 0 Å². The second-order valence-electron chi connectivity index (χ2n) is 7.32. The van der Waals surface area contributed by atoms with Gasteiger partial charge in [0.1, 0.15) is 17.7 Å². The van der Waals surface area contributed by atoms with Gasteiger partial charge >= 0.3 is 0 Å². The topological polar surface area (TPSA) is 37.3 Å². The number of hydrogen-bond acceptors (Lipinski definition) is 2. The average molecular weight is 288 g/mol. The molecule has 21 heavy (non-hydrogen) atoms. The third-order valence-corrected chi connectivity index (χ3v) is 6.36. The minimum absolute atomic E-state index is 0.0849. The molecule has 0 amide bonds. The molecule has 0 aromatic heterocycles. The smallest absolute Gasteiger partial charge is 0.139 e. The Labute approximate surface area is 124 Å². The molecule has 5 atom stereocenters.